The Morgan fingerprint density at radius 3 is 2.66 bits per heavy atom. The van der Waals surface area contributed by atoms with E-state index in [9.17, 15) is 29.4 Å². The second-order valence-electron chi connectivity index (χ2n) is 6.97. The summed E-state index contributed by atoms with van der Waals surface area (Å²) in [5, 5.41) is 25.1. The molecule has 0 bridgehead atoms. The third kappa shape index (κ3) is 4.69. The van der Waals surface area contributed by atoms with Crippen LogP contribution in [0.3, 0.4) is 0 Å². The van der Waals surface area contributed by atoms with E-state index < -0.39 is 41.3 Å². The van der Waals surface area contributed by atoms with Gasteiger partial charge in [-0.1, -0.05) is 29.4 Å². The van der Waals surface area contributed by atoms with E-state index >= 15 is 0 Å². The van der Waals surface area contributed by atoms with Crippen LogP contribution in [-0.2, 0) is 30.5 Å². The third-order valence-electron chi connectivity index (χ3n) is 4.86. The first-order valence-corrected chi connectivity index (χ1v) is 10.4. The van der Waals surface area contributed by atoms with E-state index in [1.807, 2.05) is 0 Å². The second kappa shape index (κ2) is 9.73. The number of β-lactam (4-membered cyclic amide) rings is 1. The summed E-state index contributed by atoms with van der Waals surface area (Å²) in [6, 6.07) is 5.20. The van der Waals surface area contributed by atoms with Crippen molar-refractivity contribution in [3.05, 3.63) is 57.1 Å². The van der Waals surface area contributed by atoms with E-state index in [0.29, 0.717) is 5.56 Å². The Morgan fingerprint density at radius 1 is 1.38 bits per heavy atom. The Balaban J connectivity index is 1.67. The maximum atomic E-state index is 12.6. The van der Waals surface area contributed by atoms with Crippen molar-refractivity contribution in [1.29, 1.82) is 0 Å². The van der Waals surface area contributed by atoms with Crippen LogP contribution in [0.4, 0.5) is 0 Å². The van der Waals surface area contributed by atoms with Crippen LogP contribution < -0.4 is 5.32 Å². The number of hydrogen-bond donors (Lipinski definition) is 3. The number of rotatable bonds is 8. The number of aliphatic carboxylic acids is 1. The van der Waals surface area contributed by atoms with Gasteiger partial charge in [-0.3, -0.25) is 19.3 Å². The summed E-state index contributed by atoms with van der Waals surface area (Å²) < 4.78 is 4.87. The van der Waals surface area contributed by atoms with Crippen LogP contribution in [0.2, 0.25) is 0 Å². The van der Waals surface area contributed by atoms with Crippen molar-refractivity contribution in [3.63, 3.8) is 0 Å². The standard InChI is InChI=1S/C19H19N5O7S/c1-9(25)31-7-12-8-32-18-13(17(28)24(18)14(12)19(29)30)22-16(27)15(26)11-4-2-10(3-5-11)6-21-23-20/h2-5,13,15,18,26H,6-8H2,1H3,(H,22,27)(H,29,30). The highest BCUT2D eigenvalue weighted by Gasteiger charge is 2.54. The summed E-state index contributed by atoms with van der Waals surface area (Å²) in [6.45, 7) is 1.08. The monoisotopic (exact) mass is 461 g/mol. The minimum Gasteiger partial charge on any atom is -0.477 e. The summed E-state index contributed by atoms with van der Waals surface area (Å²) >= 11 is 1.22. The normalized spacial score (nSPS) is 20.4. The minimum absolute atomic E-state index is 0.128. The number of nitrogens with zero attached hydrogens (tertiary/aromatic N) is 4. The molecule has 1 fully saturated rings. The molecule has 13 heteroatoms. The number of benzene rings is 1. The van der Waals surface area contributed by atoms with Gasteiger partial charge in [0.25, 0.3) is 11.8 Å². The first-order valence-electron chi connectivity index (χ1n) is 9.36. The molecule has 2 amide bonds. The first-order chi connectivity index (χ1) is 15.2. The van der Waals surface area contributed by atoms with E-state index in [0.717, 1.165) is 4.90 Å². The first kappa shape index (κ1) is 23.1. The highest BCUT2D eigenvalue weighted by Crippen LogP contribution is 2.40. The quantitative estimate of drug-likeness (QED) is 0.167. The lowest BCUT2D eigenvalue weighted by molar-refractivity contribution is -0.152. The Labute approximate surface area is 185 Å². The summed E-state index contributed by atoms with van der Waals surface area (Å²) in [5.74, 6) is -3.15. The number of thioether (sulfide) groups is 1. The summed E-state index contributed by atoms with van der Waals surface area (Å²) in [6.07, 6.45) is -1.55. The summed E-state index contributed by atoms with van der Waals surface area (Å²) in [4.78, 5) is 51.5. The number of carbonyl (C=O) groups is 4. The smallest absolute Gasteiger partial charge is 0.352 e. The molecule has 0 spiro atoms. The van der Waals surface area contributed by atoms with Gasteiger partial charge in [-0.15, -0.1) is 11.8 Å². The van der Waals surface area contributed by atoms with Gasteiger partial charge in [0.1, 0.15) is 23.7 Å². The topological polar surface area (TPSA) is 182 Å². The molecule has 3 rings (SSSR count). The number of aliphatic hydroxyl groups is 1. The maximum absolute atomic E-state index is 12.6. The predicted octanol–water partition coefficient (Wildman–Crippen LogP) is 0.832. The van der Waals surface area contributed by atoms with Gasteiger partial charge in [0, 0.05) is 23.2 Å². The fraction of sp³-hybridized carbons (Fsp3) is 0.368. The fourth-order valence-corrected chi connectivity index (χ4v) is 4.61. The molecule has 0 aromatic heterocycles. The number of nitrogens with one attached hydrogen (secondary N) is 1. The molecule has 32 heavy (non-hydrogen) atoms. The van der Waals surface area contributed by atoms with Gasteiger partial charge >= 0.3 is 11.9 Å². The van der Waals surface area contributed by atoms with E-state index in [-0.39, 0.29) is 35.7 Å². The number of fused-ring (bicyclic) bond motifs is 1. The summed E-state index contributed by atoms with van der Waals surface area (Å²) in [5.41, 5.74) is 9.34. The molecule has 12 nitrogen and oxygen atoms in total. The van der Waals surface area contributed by atoms with Crippen LogP contribution in [0.5, 0.6) is 0 Å². The van der Waals surface area contributed by atoms with Gasteiger partial charge in [-0.25, -0.2) is 4.79 Å². The van der Waals surface area contributed by atoms with Crippen molar-refractivity contribution in [2.75, 3.05) is 12.4 Å². The molecular weight excluding hydrogens is 442 g/mol. The Morgan fingerprint density at radius 2 is 2.06 bits per heavy atom. The molecule has 1 aromatic carbocycles. The van der Waals surface area contributed by atoms with Gasteiger partial charge in [-0.05, 0) is 16.7 Å². The molecule has 2 aliphatic heterocycles. The van der Waals surface area contributed by atoms with Gasteiger partial charge in [-0.2, -0.15) is 0 Å². The summed E-state index contributed by atoms with van der Waals surface area (Å²) in [7, 11) is 0. The average Bonchev–Trinajstić information content (AvgIpc) is 2.78. The molecule has 1 aromatic rings. The van der Waals surface area contributed by atoms with Crippen LogP contribution in [-0.4, -0.2) is 62.6 Å². The third-order valence-corrected chi connectivity index (χ3v) is 6.20. The SMILES string of the molecule is CC(=O)OCC1=C(C(=O)O)N2C(=O)C(NC(=O)C(O)c3ccc(CN=[N+]=[N-])cc3)C2SC1. The lowest BCUT2D eigenvalue weighted by Gasteiger charge is -2.49. The highest BCUT2D eigenvalue weighted by atomic mass is 32.2. The molecule has 3 unspecified atom stereocenters. The van der Waals surface area contributed by atoms with Crippen LogP contribution >= 0.6 is 11.8 Å². The zero-order chi connectivity index (χ0) is 23.4. The van der Waals surface area contributed by atoms with E-state index in [4.69, 9.17) is 10.3 Å². The molecule has 2 aliphatic rings. The maximum Gasteiger partial charge on any atom is 0.352 e. The van der Waals surface area contributed by atoms with Gasteiger partial charge < -0.3 is 20.3 Å². The number of hydrogen-bond acceptors (Lipinski definition) is 8. The fourth-order valence-electron chi connectivity index (χ4n) is 3.29. The van der Waals surface area contributed by atoms with Gasteiger partial charge in [0.05, 0.1) is 6.54 Å². The molecule has 0 saturated carbocycles. The second-order valence-corrected chi connectivity index (χ2v) is 8.07. The molecule has 2 heterocycles. The van der Waals surface area contributed by atoms with Crippen molar-refractivity contribution < 1.29 is 34.1 Å². The zero-order valence-electron chi connectivity index (χ0n) is 16.8. The van der Waals surface area contributed by atoms with Crippen LogP contribution in [0.1, 0.15) is 24.2 Å². The Hall–Kier alpha value is -3.54. The predicted molar refractivity (Wildman–Crippen MR) is 111 cm³/mol. The van der Waals surface area contributed by atoms with E-state index in [1.54, 1.807) is 12.1 Å². The molecule has 3 atom stereocenters. The Bertz CT molecular complexity index is 1040. The van der Waals surface area contributed by atoms with Gasteiger partial charge in [0.15, 0.2) is 6.10 Å². The van der Waals surface area contributed by atoms with E-state index in [1.165, 1.54) is 30.8 Å². The minimum atomic E-state index is -1.55. The highest BCUT2D eigenvalue weighted by molar-refractivity contribution is 8.00. The number of aliphatic hydroxyl groups excluding tert-OH is 1. The number of esters is 1. The van der Waals surface area contributed by atoms with Crippen LogP contribution in [0, 0.1) is 0 Å². The average molecular weight is 461 g/mol. The van der Waals surface area contributed by atoms with Crippen molar-refractivity contribution in [1.82, 2.24) is 10.2 Å². The molecule has 3 N–H and O–H groups in total. The largest absolute Gasteiger partial charge is 0.477 e. The number of azide groups is 1. The molecular formula is C19H19N5O7S. The number of ether oxygens (including phenoxy) is 1. The van der Waals surface area contributed by atoms with Gasteiger partial charge in [0.2, 0.25) is 0 Å². The lowest BCUT2D eigenvalue weighted by atomic mass is 10.0. The number of carboxylic acids is 1. The van der Waals surface area contributed by atoms with Crippen molar-refractivity contribution >= 4 is 35.5 Å². The molecule has 1 saturated heterocycles. The number of amides is 2. The molecule has 0 aliphatic carbocycles. The van der Waals surface area contributed by atoms with Crippen molar-refractivity contribution in [2.24, 2.45) is 5.11 Å². The number of carbonyl (C=O) groups excluding carboxylic acids is 3. The number of carboxylic acid groups (broad SMARTS) is 1. The van der Waals surface area contributed by atoms with Crippen molar-refractivity contribution in [2.45, 2.75) is 31.0 Å². The lowest BCUT2D eigenvalue weighted by Crippen LogP contribution is -2.71. The Kier molecular flexibility index (Phi) is 7.03. The van der Waals surface area contributed by atoms with Crippen LogP contribution in [0.15, 0.2) is 40.6 Å². The molecule has 168 valence electrons. The zero-order valence-corrected chi connectivity index (χ0v) is 17.6. The van der Waals surface area contributed by atoms with Crippen molar-refractivity contribution in [3.8, 4) is 0 Å². The molecule has 0 radical (unpaired) electrons. The van der Waals surface area contributed by atoms with Crippen LogP contribution in [0.25, 0.3) is 10.4 Å². The van der Waals surface area contributed by atoms with E-state index in [2.05, 4.69) is 15.3 Å².